The highest BCUT2D eigenvalue weighted by Crippen LogP contribution is 2.39. The average Bonchev–Trinajstić information content (AvgIpc) is 3.48. The van der Waals surface area contributed by atoms with Crippen LogP contribution in [0, 0.1) is 0 Å². The molecule has 0 unspecified atom stereocenters. The van der Waals surface area contributed by atoms with Crippen molar-refractivity contribution in [2.75, 3.05) is 89.9 Å². The Hall–Kier alpha value is -3.61. The van der Waals surface area contributed by atoms with Crippen LogP contribution in [0.25, 0.3) is 0 Å². The molecule has 0 saturated carbocycles. The third-order valence-corrected chi connectivity index (χ3v) is 10.4. The van der Waals surface area contributed by atoms with Gasteiger partial charge in [-0.25, -0.2) is 0 Å². The van der Waals surface area contributed by atoms with Crippen LogP contribution in [0.3, 0.4) is 0 Å². The number of hydrogen-bond donors (Lipinski definition) is 2. The molecule has 2 aromatic carbocycles. The van der Waals surface area contributed by atoms with E-state index in [0.29, 0.717) is 41.4 Å². The molecule has 1 aliphatic carbocycles. The van der Waals surface area contributed by atoms with Gasteiger partial charge in [0, 0.05) is 74.6 Å². The molecule has 3 amide bonds. The fourth-order valence-electron chi connectivity index (χ4n) is 6.36. The first-order valence-corrected chi connectivity index (χ1v) is 17.6. The molecule has 11 heteroatoms. The molecule has 0 radical (unpaired) electrons. The lowest BCUT2D eigenvalue weighted by molar-refractivity contribution is 0.0338. The van der Waals surface area contributed by atoms with E-state index in [-0.39, 0.29) is 17.7 Å². The lowest BCUT2D eigenvalue weighted by Crippen LogP contribution is -2.41. The van der Waals surface area contributed by atoms with E-state index in [1.165, 1.54) is 16.9 Å². The van der Waals surface area contributed by atoms with Crippen molar-refractivity contribution in [2.24, 2.45) is 0 Å². The van der Waals surface area contributed by atoms with E-state index in [4.69, 9.17) is 9.47 Å². The molecule has 2 fully saturated rings. The monoisotopic (exact) mass is 659 g/mol. The van der Waals surface area contributed by atoms with Gasteiger partial charge in [0.05, 0.1) is 32.0 Å². The van der Waals surface area contributed by atoms with E-state index in [1.807, 2.05) is 12.1 Å². The molecular weight excluding hydrogens is 614 g/mol. The Morgan fingerprint density at radius 1 is 0.809 bits per heavy atom. The van der Waals surface area contributed by atoms with Crippen molar-refractivity contribution >= 4 is 39.7 Å². The minimum Gasteiger partial charge on any atom is -0.379 e. The van der Waals surface area contributed by atoms with E-state index < -0.39 is 0 Å². The van der Waals surface area contributed by atoms with Crippen LogP contribution < -0.4 is 10.6 Å². The van der Waals surface area contributed by atoms with Crippen molar-refractivity contribution in [2.45, 2.75) is 32.1 Å². The van der Waals surface area contributed by atoms with Crippen molar-refractivity contribution < 1.29 is 23.9 Å². The number of carbonyl (C=O) groups excluding carboxylic acids is 3. The second-order valence-corrected chi connectivity index (χ2v) is 13.6. The fourth-order valence-corrected chi connectivity index (χ4v) is 7.64. The Morgan fingerprint density at radius 2 is 1.47 bits per heavy atom. The number of ether oxygens (including phenoxy) is 2. The summed E-state index contributed by atoms with van der Waals surface area (Å²) in [6.07, 6.45) is 4.73. The molecule has 3 heterocycles. The molecule has 47 heavy (non-hydrogen) atoms. The van der Waals surface area contributed by atoms with E-state index in [0.717, 1.165) is 101 Å². The molecule has 250 valence electrons. The summed E-state index contributed by atoms with van der Waals surface area (Å²) in [4.78, 5) is 48.1. The second kappa shape index (κ2) is 16.0. The quantitative estimate of drug-likeness (QED) is 0.315. The van der Waals surface area contributed by atoms with Gasteiger partial charge in [-0.1, -0.05) is 18.2 Å². The van der Waals surface area contributed by atoms with E-state index in [1.54, 1.807) is 36.2 Å². The Morgan fingerprint density at radius 3 is 2.19 bits per heavy atom. The van der Waals surface area contributed by atoms with Gasteiger partial charge in [-0.3, -0.25) is 24.2 Å². The third-order valence-electron chi connectivity index (χ3n) is 9.23. The van der Waals surface area contributed by atoms with Crippen LogP contribution in [-0.2, 0) is 28.7 Å². The predicted molar refractivity (Wildman–Crippen MR) is 185 cm³/mol. The number of fused-ring (bicyclic) bond motifs is 1. The van der Waals surface area contributed by atoms with Crippen LogP contribution in [-0.4, -0.2) is 112 Å². The van der Waals surface area contributed by atoms with Gasteiger partial charge in [0.2, 0.25) is 0 Å². The highest BCUT2D eigenvalue weighted by molar-refractivity contribution is 7.17. The minimum absolute atomic E-state index is 0.133. The summed E-state index contributed by atoms with van der Waals surface area (Å²) >= 11 is 1.49. The van der Waals surface area contributed by atoms with Crippen LogP contribution in [0.4, 0.5) is 10.7 Å². The van der Waals surface area contributed by atoms with Crippen LogP contribution >= 0.6 is 11.3 Å². The number of benzene rings is 2. The summed E-state index contributed by atoms with van der Waals surface area (Å²) in [5.74, 6) is -0.689. The first kappa shape index (κ1) is 33.3. The van der Waals surface area contributed by atoms with E-state index in [9.17, 15) is 14.4 Å². The number of nitrogens with zero attached hydrogens (tertiary/aromatic N) is 3. The SMILES string of the molecule is CN(CCN1CCOCC1)C(=O)c1cccc(C(=O)Nc2sc3c(c2C(=O)Nc2ccc(CCN4CCOCC4)cc2)CCCC3)c1. The Balaban J connectivity index is 1.11. The number of aryl methyl sites for hydroxylation is 1. The number of amides is 3. The van der Waals surface area contributed by atoms with Gasteiger partial charge in [0.15, 0.2) is 0 Å². The highest BCUT2D eigenvalue weighted by atomic mass is 32.1. The Bertz CT molecular complexity index is 1550. The van der Waals surface area contributed by atoms with Gasteiger partial charge in [0.25, 0.3) is 17.7 Å². The minimum atomic E-state index is -0.340. The number of thiophene rings is 1. The van der Waals surface area contributed by atoms with Crippen LogP contribution in [0.5, 0.6) is 0 Å². The average molecular weight is 660 g/mol. The lowest BCUT2D eigenvalue weighted by Gasteiger charge is -2.28. The zero-order chi connectivity index (χ0) is 32.6. The van der Waals surface area contributed by atoms with Gasteiger partial charge < -0.3 is 25.0 Å². The first-order chi connectivity index (χ1) is 22.9. The van der Waals surface area contributed by atoms with Crippen molar-refractivity contribution in [1.82, 2.24) is 14.7 Å². The summed E-state index contributed by atoms with van der Waals surface area (Å²) < 4.78 is 10.9. The number of hydrogen-bond acceptors (Lipinski definition) is 8. The summed E-state index contributed by atoms with van der Waals surface area (Å²) in [6.45, 7) is 9.04. The van der Waals surface area contributed by atoms with E-state index in [2.05, 4.69) is 32.6 Å². The maximum Gasteiger partial charge on any atom is 0.258 e. The van der Waals surface area contributed by atoms with Crippen molar-refractivity contribution in [3.63, 3.8) is 0 Å². The van der Waals surface area contributed by atoms with Crippen molar-refractivity contribution in [1.29, 1.82) is 0 Å². The molecule has 10 nitrogen and oxygen atoms in total. The van der Waals surface area contributed by atoms with Crippen LogP contribution in [0.1, 0.15) is 59.9 Å². The number of nitrogens with one attached hydrogen (secondary N) is 2. The zero-order valence-electron chi connectivity index (χ0n) is 27.2. The second-order valence-electron chi connectivity index (χ2n) is 12.5. The standard InChI is InChI=1S/C36H45N5O5S/c1-39(15-16-41-19-23-46-24-20-41)36(44)28-6-4-5-27(25-28)33(42)38-35-32(30-7-2-3-8-31(30)47-35)34(43)37-29-11-9-26(10-12-29)13-14-40-17-21-45-22-18-40/h4-6,9-12,25H,2-3,7-8,13-24H2,1H3,(H,37,43)(H,38,42). The molecule has 0 spiro atoms. The molecule has 2 N–H and O–H groups in total. The molecule has 2 saturated heterocycles. The predicted octanol–water partition coefficient (Wildman–Crippen LogP) is 4.41. The number of anilines is 2. The highest BCUT2D eigenvalue weighted by Gasteiger charge is 2.27. The summed E-state index contributed by atoms with van der Waals surface area (Å²) in [5.41, 5.74) is 4.36. The molecule has 3 aromatic rings. The summed E-state index contributed by atoms with van der Waals surface area (Å²) in [5, 5.41) is 6.67. The van der Waals surface area contributed by atoms with E-state index >= 15 is 0 Å². The third kappa shape index (κ3) is 8.65. The zero-order valence-corrected chi connectivity index (χ0v) is 28.0. The lowest BCUT2D eigenvalue weighted by atomic mass is 9.95. The smallest absolute Gasteiger partial charge is 0.258 e. The van der Waals surface area contributed by atoms with Crippen LogP contribution in [0.15, 0.2) is 48.5 Å². The van der Waals surface area contributed by atoms with Crippen molar-refractivity contribution in [3.05, 3.63) is 81.2 Å². The molecular formula is C36H45N5O5S. The Kier molecular flexibility index (Phi) is 11.3. The normalized spacial score (nSPS) is 17.1. The molecule has 0 atom stereocenters. The van der Waals surface area contributed by atoms with Gasteiger partial charge in [-0.05, 0) is 73.6 Å². The summed E-state index contributed by atoms with van der Waals surface area (Å²) in [6, 6.07) is 14.8. The first-order valence-electron chi connectivity index (χ1n) is 16.8. The molecule has 1 aromatic heterocycles. The fraction of sp³-hybridized carbons (Fsp3) is 0.472. The van der Waals surface area contributed by atoms with Crippen LogP contribution in [0.2, 0.25) is 0 Å². The number of carbonyl (C=O) groups is 3. The molecule has 6 rings (SSSR count). The Labute approximate surface area is 281 Å². The maximum atomic E-state index is 13.8. The molecule has 2 aliphatic heterocycles. The molecule has 0 bridgehead atoms. The number of likely N-dealkylation sites (N-methyl/N-ethyl adjacent to an activating group) is 1. The molecule has 3 aliphatic rings. The number of morpholine rings is 2. The largest absolute Gasteiger partial charge is 0.379 e. The maximum absolute atomic E-state index is 13.8. The van der Waals surface area contributed by atoms with Crippen molar-refractivity contribution in [3.8, 4) is 0 Å². The topological polar surface area (TPSA) is 103 Å². The number of rotatable bonds is 11. The van der Waals surface area contributed by atoms with Gasteiger partial charge in [-0.2, -0.15) is 0 Å². The van der Waals surface area contributed by atoms with Gasteiger partial charge in [0.1, 0.15) is 5.00 Å². The van der Waals surface area contributed by atoms with Gasteiger partial charge >= 0.3 is 0 Å². The van der Waals surface area contributed by atoms with Gasteiger partial charge in [-0.15, -0.1) is 11.3 Å². The summed E-state index contributed by atoms with van der Waals surface area (Å²) in [7, 11) is 1.79.